The minimum atomic E-state index is -0.404. The summed E-state index contributed by atoms with van der Waals surface area (Å²) in [5, 5.41) is 5.43. The van der Waals surface area contributed by atoms with Gasteiger partial charge in [0, 0.05) is 6.42 Å². The van der Waals surface area contributed by atoms with E-state index < -0.39 is 6.04 Å². The van der Waals surface area contributed by atoms with E-state index in [9.17, 15) is 9.59 Å². The molecule has 1 aromatic rings. The Kier molecular flexibility index (Phi) is 5.00. The molecular weight excluding hydrogens is 324 g/mol. The van der Waals surface area contributed by atoms with Crippen LogP contribution in [-0.2, 0) is 9.59 Å². The summed E-state index contributed by atoms with van der Waals surface area (Å²) in [5.41, 5.74) is 0. The molecule has 108 valence electrons. The van der Waals surface area contributed by atoms with Crippen LogP contribution < -0.4 is 15.4 Å². The molecule has 1 fully saturated rings. The standard InChI is InChI=1S/C14H17BrN2O3/c1-9(20-12-5-3-2-4-10(12)15)8-16-14(19)11-6-7-13(18)17-11/h2-5,9,11H,6-8H2,1H3,(H,16,19)(H,17,18)/t9?,11-/m1/s1. The van der Waals surface area contributed by atoms with Crippen molar-refractivity contribution in [1.29, 1.82) is 0 Å². The lowest BCUT2D eigenvalue weighted by Crippen LogP contribution is -2.44. The lowest BCUT2D eigenvalue weighted by Gasteiger charge is -2.17. The van der Waals surface area contributed by atoms with Crippen LogP contribution in [0.3, 0.4) is 0 Å². The van der Waals surface area contributed by atoms with Crippen LogP contribution in [0.15, 0.2) is 28.7 Å². The average molecular weight is 341 g/mol. The van der Waals surface area contributed by atoms with Crippen LogP contribution in [0.5, 0.6) is 5.75 Å². The zero-order valence-corrected chi connectivity index (χ0v) is 12.8. The van der Waals surface area contributed by atoms with Gasteiger partial charge in [0.1, 0.15) is 17.9 Å². The van der Waals surface area contributed by atoms with Crippen molar-refractivity contribution in [2.45, 2.75) is 31.9 Å². The van der Waals surface area contributed by atoms with E-state index in [0.29, 0.717) is 19.4 Å². The monoisotopic (exact) mass is 340 g/mol. The predicted octanol–water partition coefficient (Wildman–Crippen LogP) is 1.61. The Labute approximate surface area is 126 Å². The Balaban J connectivity index is 1.78. The maximum Gasteiger partial charge on any atom is 0.242 e. The summed E-state index contributed by atoms with van der Waals surface area (Å²) < 4.78 is 6.61. The number of halogens is 1. The minimum absolute atomic E-state index is 0.0670. The van der Waals surface area contributed by atoms with Gasteiger partial charge in [-0.1, -0.05) is 12.1 Å². The number of hydrogen-bond donors (Lipinski definition) is 2. The molecule has 1 heterocycles. The summed E-state index contributed by atoms with van der Waals surface area (Å²) in [4.78, 5) is 22.9. The van der Waals surface area contributed by atoms with Gasteiger partial charge in [0.05, 0.1) is 11.0 Å². The third kappa shape index (κ3) is 3.96. The van der Waals surface area contributed by atoms with Gasteiger partial charge in [-0.3, -0.25) is 9.59 Å². The molecule has 1 aliphatic rings. The lowest BCUT2D eigenvalue weighted by molar-refractivity contribution is -0.126. The van der Waals surface area contributed by atoms with E-state index in [2.05, 4.69) is 26.6 Å². The third-order valence-electron chi connectivity index (χ3n) is 3.04. The molecular formula is C14H17BrN2O3. The van der Waals surface area contributed by atoms with E-state index in [0.717, 1.165) is 10.2 Å². The van der Waals surface area contributed by atoms with Crippen LogP contribution in [0.25, 0.3) is 0 Å². The molecule has 0 saturated carbocycles. The van der Waals surface area contributed by atoms with Gasteiger partial charge in [0.15, 0.2) is 0 Å². The molecule has 1 unspecified atom stereocenters. The van der Waals surface area contributed by atoms with Crippen LogP contribution in [-0.4, -0.2) is 30.5 Å². The Hall–Kier alpha value is -1.56. The fourth-order valence-corrected chi connectivity index (χ4v) is 2.36. The molecule has 2 N–H and O–H groups in total. The Morgan fingerprint density at radius 2 is 2.30 bits per heavy atom. The first-order valence-corrected chi connectivity index (χ1v) is 7.34. The van der Waals surface area contributed by atoms with Crippen LogP contribution in [0.4, 0.5) is 0 Å². The Bertz CT molecular complexity index is 507. The van der Waals surface area contributed by atoms with Crippen molar-refractivity contribution < 1.29 is 14.3 Å². The number of carbonyl (C=O) groups excluding carboxylic acids is 2. The summed E-state index contributed by atoms with van der Waals surface area (Å²) >= 11 is 3.41. The molecule has 1 aliphatic heterocycles. The number of para-hydroxylation sites is 1. The molecule has 1 saturated heterocycles. The highest BCUT2D eigenvalue weighted by Crippen LogP contribution is 2.24. The van der Waals surface area contributed by atoms with Crippen LogP contribution in [0.1, 0.15) is 19.8 Å². The summed E-state index contributed by atoms with van der Waals surface area (Å²) in [5.74, 6) is 0.518. The highest BCUT2D eigenvalue weighted by molar-refractivity contribution is 9.10. The van der Waals surface area contributed by atoms with Crippen molar-refractivity contribution in [3.8, 4) is 5.75 Å². The maximum absolute atomic E-state index is 11.8. The van der Waals surface area contributed by atoms with E-state index in [-0.39, 0.29) is 17.9 Å². The molecule has 0 aliphatic carbocycles. The summed E-state index contributed by atoms with van der Waals surface area (Å²) in [7, 11) is 0. The molecule has 5 nitrogen and oxygen atoms in total. The van der Waals surface area contributed by atoms with E-state index in [4.69, 9.17) is 4.74 Å². The van der Waals surface area contributed by atoms with E-state index in [1.54, 1.807) is 0 Å². The number of rotatable bonds is 5. The number of benzene rings is 1. The smallest absolute Gasteiger partial charge is 0.242 e. The van der Waals surface area contributed by atoms with Gasteiger partial charge in [-0.25, -0.2) is 0 Å². The van der Waals surface area contributed by atoms with Crippen molar-refractivity contribution in [2.24, 2.45) is 0 Å². The first-order chi connectivity index (χ1) is 9.56. The molecule has 0 bridgehead atoms. The largest absolute Gasteiger partial charge is 0.488 e. The van der Waals surface area contributed by atoms with Gasteiger partial charge in [0.2, 0.25) is 11.8 Å². The normalized spacial score (nSPS) is 19.3. The first-order valence-electron chi connectivity index (χ1n) is 6.54. The van der Waals surface area contributed by atoms with E-state index >= 15 is 0 Å². The van der Waals surface area contributed by atoms with Crippen molar-refractivity contribution in [3.63, 3.8) is 0 Å². The minimum Gasteiger partial charge on any atom is -0.488 e. The Morgan fingerprint density at radius 3 is 2.95 bits per heavy atom. The molecule has 2 rings (SSSR count). The zero-order valence-electron chi connectivity index (χ0n) is 11.2. The molecule has 0 spiro atoms. The molecule has 6 heteroatoms. The average Bonchev–Trinajstić information content (AvgIpc) is 2.85. The maximum atomic E-state index is 11.8. The molecule has 1 aromatic carbocycles. The first kappa shape index (κ1) is 14.8. The molecule has 2 atom stereocenters. The van der Waals surface area contributed by atoms with Gasteiger partial charge >= 0.3 is 0 Å². The number of carbonyl (C=O) groups is 2. The molecule has 20 heavy (non-hydrogen) atoms. The summed E-state index contributed by atoms with van der Waals surface area (Å²) in [6.45, 7) is 2.28. The highest BCUT2D eigenvalue weighted by Gasteiger charge is 2.27. The number of nitrogens with one attached hydrogen (secondary N) is 2. The Morgan fingerprint density at radius 1 is 1.55 bits per heavy atom. The summed E-state index contributed by atoms with van der Waals surface area (Å²) in [6, 6.07) is 7.15. The van der Waals surface area contributed by atoms with Gasteiger partial charge in [-0.15, -0.1) is 0 Å². The van der Waals surface area contributed by atoms with Crippen LogP contribution in [0.2, 0.25) is 0 Å². The van der Waals surface area contributed by atoms with Crippen molar-refractivity contribution in [2.75, 3.05) is 6.54 Å². The van der Waals surface area contributed by atoms with Gasteiger partial charge in [-0.2, -0.15) is 0 Å². The lowest BCUT2D eigenvalue weighted by atomic mass is 10.2. The van der Waals surface area contributed by atoms with E-state index in [1.165, 1.54) is 0 Å². The fraction of sp³-hybridized carbons (Fsp3) is 0.429. The molecule has 0 aromatic heterocycles. The number of amides is 2. The van der Waals surface area contributed by atoms with Gasteiger partial charge in [0.25, 0.3) is 0 Å². The van der Waals surface area contributed by atoms with Crippen molar-refractivity contribution >= 4 is 27.7 Å². The SMILES string of the molecule is CC(CNC(=O)[C@H]1CCC(=O)N1)Oc1ccccc1Br. The number of hydrogen-bond acceptors (Lipinski definition) is 3. The van der Waals surface area contributed by atoms with Crippen molar-refractivity contribution in [3.05, 3.63) is 28.7 Å². The molecule has 0 radical (unpaired) electrons. The third-order valence-corrected chi connectivity index (χ3v) is 3.70. The van der Waals surface area contributed by atoms with Crippen LogP contribution >= 0.6 is 15.9 Å². The second-order valence-corrected chi connectivity index (χ2v) is 5.62. The topological polar surface area (TPSA) is 67.4 Å². The second kappa shape index (κ2) is 6.74. The number of ether oxygens (including phenoxy) is 1. The quantitative estimate of drug-likeness (QED) is 0.855. The second-order valence-electron chi connectivity index (χ2n) is 4.76. The fourth-order valence-electron chi connectivity index (χ4n) is 1.98. The van der Waals surface area contributed by atoms with Crippen molar-refractivity contribution in [1.82, 2.24) is 10.6 Å². The highest BCUT2D eigenvalue weighted by atomic mass is 79.9. The summed E-state index contributed by atoms with van der Waals surface area (Å²) in [6.07, 6.45) is 0.820. The van der Waals surface area contributed by atoms with Gasteiger partial charge < -0.3 is 15.4 Å². The zero-order chi connectivity index (χ0) is 14.5. The molecule has 2 amide bonds. The predicted molar refractivity (Wildman–Crippen MR) is 78.4 cm³/mol. The van der Waals surface area contributed by atoms with E-state index in [1.807, 2.05) is 31.2 Å². The van der Waals surface area contributed by atoms with Gasteiger partial charge in [-0.05, 0) is 41.4 Å². The van der Waals surface area contributed by atoms with Crippen LogP contribution in [0, 0.1) is 0 Å².